The largest absolute Gasteiger partial charge is 0.357 e. The minimum atomic E-state index is 0. The molecule has 1 atom stereocenters. The van der Waals surface area contributed by atoms with Gasteiger partial charge in [-0.05, 0) is 32.6 Å². The van der Waals surface area contributed by atoms with Gasteiger partial charge in [-0.2, -0.15) is 0 Å². The average molecular weight is 493 g/mol. The van der Waals surface area contributed by atoms with Crippen LogP contribution in [0.3, 0.4) is 0 Å². The number of amides is 2. The molecule has 2 fully saturated rings. The predicted molar refractivity (Wildman–Crippen MR) is 119 cm³/mol. The fourth-order valence-corrected chi connectivity index (χ4v) is 3.57. The number of nitrogens with one attached hydrogen (secondary N) is 2. The quantitative estimate of drug-likeness (QED) is 0.246. The smallest absolute Gasteiger partial charge is 0.222 e. The van der Waals surface area contributed by atoms with Gasteiger partial charge in [0.25, 0.3) is 0 Å². The first-order chi connectivity index (χ1) is 12.6. The number of hydrogen-bond acceptors (Lipinski definition) is 3. The number of hydrogen-bond donors (Lipinski definition) is 2. The summed E-state index contributed by atoms with van der Waals surface area (Å²) < 4.78 is 0. The standard InChI is InChI=1S/C19H35N5O2.HI/c1-3-17(25)24-14-10-16(15-24)22-19(20-4-2)21-11-8-13-23-12-7-5-6-9-18(23)26;/h16H,3-15H2,1-2H3,(H2,20,21,22);1H. The number of halogens is 1. The van der Waals surface area contributed by atoms with E-state index in [1.807, 2.05) is 16.7 Å². The number of guanidine groups is 1. The Morgan fingerprint density at radius 3 is 2.78 bits per heavy atom. The van der Waals surface area contributed by atoms with E-state index in [9.17, 15) is 9.59 Å². The van der Waals surface area contributed by atoms with E-state index in [1.54, 1.807) is 0 Å². The summed E-state index contributed by atoms with van der Waals surface area (Å²) in [7, 11) is 0. The summed E-state index contributed by atoms with van der Waals surface area (Å²) in [6.07, 6.45) is 6.41. The number of aliphatic imine (C=N–C) groups is 1. The number of rotatable bonds is 7. The van der Waals surface area contributed by atoms with Crippen molar-refractivity contribution in [2.45, 2.75) is 64.8 Å². The Morgan fingerprint density at radius 1 is 1.22 bits per heavy atom. The number of nitrogens with zero attached hydrogens (tertiary/aromatic N) is 3. The fraction of sp³-hybridized carbons (Fsp3) is 0.842. The van der Waals surface area contributed by atoms with Crippen LogP contribution in [-0.2, 0) is 9.59 Å². The van der Waals surface area contributed by atoms with Crippen LogP contribution in [0.15, 0.2) is 4.99 Å². The summed E-state index contributed by atoms with van der Waals surface area (Å²) in [6, 6.07) is 0.260. The predicted octanol–water partition coefficient (Wildman–Crippen LogP) is 1.96. The van der Waals surface area contributed by atoms with Crippen molar-refractivity contribution in [2.24, 2.45) is 4.99 Å². The van der Waals surface area contributed by atoms with E-state index >= 15 is 0 Å². The van der Waals surface area contributed by atoms with E-state index < -0.39 is 0 Å². The van der Waals surface area contributed by atoms with Crippen LogP contribution in [0.25, 0.3) is 0 Å². The molecule has 0 saturated carbocycles. The van der Waals surface area contributed by atoms with Gasteiger partial charge in [0.1, 0.15) is 0 Å². The number of likely N-dealkylation sites (tertiary alicyclic amines) is 2. The van der Waals surface area contributed by atoms with E-state index in [0.717, 1.165) is 70.8 Å². The zero-order valence-electron chi connectivity index (χ0n) is 16.8. The van der Waals surface area contributed by atoms with E-state index in [-0.39, 0.29) is 35.9 Å². The number of carbonyl (C=O) groups is 2. The van der Waals surface area contributed by atoms with Gasteiger partial charge < -0.3 is 20.4 Å². The Labute approximate surface area is 180 Å². The van der Waals surface area contributed by atoms with Gasteiger partial charge in [0, 0.05) is 58.2 Å². The Balaban J connectivity index is 0.00000364. The molecule has 2 N–H and O–H groups in total. The van der Waals surface area contributed by atoms with Gasteiger partial charge in [0.15, 0.2) is 5.96 Å². The summed E-state index contributed by atoms with van der Waals surface area (Å²) in [4.78, 5) is 32.4. The summed E-state index contributed by atoms with van der Waals surface area (Å²) in [6.45, 7) is 8.72. The van der Waals surface area contributed by atoms with Crippen LogP contribution < -0.4 is 10.6 Å². The summed E-state index contributed by atoms with van der Waals surface area (Å²) in [5.74, 6) is 1.33. The summed E-state index contributed by atoms with van der Waals surface area (Å²) >= 11 is 0. The van der Waals surface area contributed by atoms with E-state index in [4.69, 9.17) is 0 Å². The third-order valence-electron chi connectivity index (χ3n) is 5.06. The molecule has 2 heterocycles. The highest BCUT2D eigenvalue weighted by atomic mass is 127. The molecule has 0 aromatic heterocycles. The molecule has 8 heteroatoms. The lowest BCUT2D eigenvalue weighted by Crippen LogP contribution is -2.45. The van der Waals surface area contributed by atoms with Gasteiger partial charge in [0.05, 0.1) is 0 Å². The first-order valence-corrected chi connectivity index (χ1v) is 10.2. The number of carbonyl (C=O) groups excluding carboxylic acids is 2. The zero-order valence-corrected chi connectivity index (χ0v) is 19.2. The molecular formula is C19H36IN5O2. The minimum absolute atomic E-state index is 0. The van der Waals surface area contributed by atoms with Crippen LogP contribution in [0.1, 0.15) is 58.8 Å². The van der Waals surface area contributed by atoms with Gasteiger partial charge in [-0.3, -0.25) is 14.6 Å². The summed E-state index contributed by atoms with van der Waals surface area (Å²) in [5, 5.41) is 6.73. The van der Waals surface area contributed by atoms with Crippen LogP contribution in [0.4, 0.5) is 0 Å². The average Bonchev–Trinajstić information content (AvgIpc) is 3.01. The molecule has 7 nitrogen and oxygen atoms in total. The third-order valence-corrected chi connectivity index (χ3v) is 5.06. The highest BCUT2D eigenvalue weighted by molar-refractivity contribution is 14.0. The maximum atomic E-state index is 12.0. The molecule has 2 aliphatic rings. The molecule has 2 amide bonds. The molecule has 0 aromatic carbocycles. The van der Waals surface area contributed by atoms with E-state index in [0.29, 0.717) is 25.3 Å². The normalized spacial score (nSPS) is 20.9. The van der Waals surface area contributed by atoms with Crippen molar-refractivity contribution in [3.05, 3.63) is 0 Å². The molecule has 2 rings (SSSR count). The first kappa shape index (κ1) is 24.0. The molecule has 2 aliphatic heterocycles. The SMILES string of the molecule is CCNC(=NCCCN1CCCCCC1=O)NC1CCN(C(=O)CC)C1.I. The molecule has 0 radical (unpaired) electrons. The maximum absolute atomic E-state index is 12.0. The third kappa shape index (κ3) is 8.23. The Morgan fingerprint density at radius 2 is 2.04 bits per heavy atom. The second-order valence-corrected chi connectivity index (χ2v) is 7.13. The topological polar surface area (TPSA) is 77.0 Å². The highest BCUT2D eigenvalue weighted by Gasteiger charge is 2.25. The first-order valence-electron chi connectivity index (χ1n) is 10.2. The van der Waals surface area contributed by atoms with Crippen molar-refractivity contribution >= 4 is 41.8 Å². The van der Waals surface area contributed by atoms with Gasteiger partial charge >= 0.3 is 0 Å². The molecule has 156 valence electrons. The lowest BCUT2D eigenvalue weighted by Gasteiger charge is -2.20. The Hall–Kier alpha value is -1.06. The molecular weight excluding hydrogens is 457 g/mol. The monoisotopic (exact) mass is 493 g/mol. The molecule has 0 aromatic rings. The van der Waals surface area contributed by atoms with E-state index in [2.05, 4.69) is 22.5 Å². The van der Waals surface area contributed by atoms with Crippen molar-refractivity contribution in [3.63, 3.8) is 0 Å². The zero-order chi connectivity index (χ0) is 18.8. The van der Waals surface area contributed by atoms with E-state index in [1.165, 1.54) is 0 Å². The van der Waals surface area contributed by atoms with Crippen molar-refractivity contribution in [2.75, 3.05) is 39.3 Å². The van der Waals surface area contributed by atoms with Gasteiger partial charge in [-0.1, -0.05) is 13.3 Å². The van der Waals surface area contributed by atoms with Gasteiger partial charge in [-0.15, -0.1) is 24.0 Å². The lowest BCUT2D eigenvalue weighted by molar-refractivity contribution is -0.131. The fourth-order valence-electron chi connectivity index (χ4n) is 3.57. The Bertz CT molecular complexity index is 500. The van der Waals surface area contributed by atoms with Crippen LogP contribution >= 0.6 is 24.0 Å². The summed E-state index contributed by atoms with van der Waals surface area (Å²) in [5.41, 5.74) is 0. The van der Waals surface area contributed by atoms with Gasteiger partial charge in [-0.25, -0.2) is 0 Å². The Kier molecular flexibility index (Phi) is 11.7. The molecule has 27 heavy (non-hydrogen) atoms. The van der Waals surface area contributed by atoms with Crippen molar-refractivity contribution in [1.82, 2.24) is 20.4 Å². The van der Waals surface area contributed by atoms with Crippen molar-refractivity contribution < 1.29 is 9.59 Å². The van der Waals surface area contributed by atoms with Crippen LogP contribution in [0.2, 0.25) is 0 Å². The van der Waals surface area contributed by atoms with Crippen molar-refractivity contribution in [3.8, 4) is 0 Å². The molecule has 0 bridgehead atoms. The highest BCUT2D eigenvalue weighted by Crippen LogP contribution is 2.12. The second-order valence-electron chi connectivity index (χ2n) is 7.13. The molecule has 0 aliphatic carbocycles. The minimum Gasteiger partial charge on any atom is -0.357 e. The van der Waals surface area contributed by atoms with Crippen LogP contribution in [-0.4, -0.2) is 72.9 Å². The van der Waals surface area contributed by atoms with Crippen LogP contribution in [0, 0.1) is 0 Å². The molecule has 0 spiro atoms. The van der Waals surface area contributed by atoms with Crippen LogP contribution in [0.5, 0.6) is 0 Å². The molecule has 2 saturated heterocycles. The second kappa shape index (κ2) is 13.2. The maximum Gasteiger partial charge on any atom is 0.222 e. The molecule has 1 unspecified atom stereocenters. The van der Waals surface area contributed by atoms with Gasteiger partial charge in [0.2, 0.25) is 11.8 Å². The van der Waals surface area contributed by atoms with Crippen molar-refractivity contribution in [1.29, 1.82) is 0 Å². The lowest BCUT2D eigenvalue weighted by atomic mass is 10.2.